The maximum Gasteiger partial charge on any atom is 0.410 e. The number of carbonyl (C=O) groups excluding carboxylic acids is 2. The van der Waals surface area contributed by atoms with Crippen molar-refractivity contribution in [3.8, 4) is 0 Å². The highest BCUT2D eigenvalue weighted by Crippen LogP contribution is 2.32. The first-order chi connectivity index (χ1) is 7.82. The average molecular weight is 241 g/mol. The van der Waals surface area contributed by atoms with Gasteiger partial charge in [-0.25, -0.2) is 4.79 Å². The second-order valence-electron chi connectivity index (χ2n) is 5.80. The number of likely N-dealkylation sites (tertiary alicyclic amines) is 1. The number of hydrogen-bond acceptors (Lipinski definition) is 3. The zero-order chi connectivity index (χ0) is 13.1. The molecule has 0 radical (unpaired) electrons. The van der Waals surface area contributed by atoms with Crippen molar-refractivity contribution in [1.29, 1.82) is 0 Å². The first kappa shape index (κ1) is 14.0. The summed E-state index contributed by atoms with van der Waals surface area (Å²) in [6.07, 6.45) is 3.12. The van der Waals surface area contributed by atoms with E-state index >= 15 is 0 Å². The monoisotopic (exact) mass is 241 g/mol. The number of nitrogens with zero attached hydrogens (tertiary/aromatic N) is 1. The lowest BCUT2D eigenvalue weighted by atomic mass is 9.78. The van der Waals surface area contributed by atoms with Gasteiger partial charge in [0, 0.05) is 18.5 Å². The highest BCUT2D eigenvalue weighted by Gasteiger charge is 2.35. The van der Waals surface area contributed by atoms with Gasteiger partial charge >= 0.3 is 6.09 Å². The van der Waals surface area contributed by atoms with Crippen molar-refractivity contribution < 1.29 is 14.3 Å². The van der Waals surface area contributed by atoms with E-state index in [2.05, 4.69) is 0 Å². The summed E-state index contributed by atoms with van der Waals surface area (Å²) in [7, 11) is 0. The van der Waals surface area contributed by atoms with Crippen molar-refractivity contribution in [2.45, 2.75) is 52.6 Å². The first-order valence-electron chi connectivity index (χ1n) is 6.26. The van der Waals surface area contributed by atoms with Crippen LogP contribution in [0.25, 0.3) is 0 Å². The number of carbonyl (C=O) groups is 2. The Balaban J connectivity index is 2.52. The van der Waals surface area contributed by atoms with Crippen molar-refractivity contribution in [3.63, 3.8) is 0 Å². The minimum absolute atomic E-state index is 0.224. The fraction of sp³-hybridized carbons (Fsp3) is 0.846. The van der Waals surface area contributed by atoms with E-state index in [1.165, 1.54) is 0 Å². The molecule has 0 aromatic carbocycles. The van der Waals surface area contributed by atoms with E-state index in [0.29, 0.717) is 13.1 Å². The molecule has 0 spiro atoms. The molecule has 0 saturated carbocycles. The Hall–Kier alpha value is -1.06. The van der Waals surface area contributed by atoms with E-state index < -0.39 is 5.60 Å². The number of amides is 1. The van der Waals surface area contributed by atoms with Gasteiger partial charge in [-0.1, -0.05) is 6.92 Å². The molecule has 0 unspecified atom stereocenters. The molecule has 1 saturated heterocycles. The molecule has 1 amide bonds. The third-order valence-electron chi connectivity index (χ3n) is 3.37. The van der Waals surface area contributed by atoms with Crippen LogP contribution in [-0.2, 0) is 9.53 Å². The Kier molecular flexibility index (Phi) is 4.17. The maximum atomic E-state index is 11.8. The molecule has 0 atom stereocenters. The average Bonchev–Trinajstić information content (AvgIpc) is 2.27. The molecule has 0 aromatic rings. The summed E-state index contributed by atoms with van der Waals surface area (Å²) >= 11 is 0. The first-order valence-corrected chi connectivity index (χ1v) is 6.26. The lowest BCUT2D eigenvalue weighted by Crippen LogP contribution is -2.45. The Bertz CT molecular complexity index is 286. The third kappa shape index (κ3) is 3.72. The number of piperidine rings is 1. The summed E-state index contributed by atoms with van der Waals surface area (Å²) in [5, 5.41) is 0. The van der Waals surface area contributed by atoms with Crippen LogP contribution in [0, 0.1) is 5.41 Å². The van der Waals surface area contributed by atoms with E-state index in [1.807, 2.05) is 27.7 Å². The SMILES string of the molecule is CCC1(C=O)CCN(C(=O)OC(C)(C)C)CC1. The number of hydrogen-bond donors (Lipinski definition) is 0. The molecule has 0 aliphatic carbocycles. The van der Waals surface area contributed by atoms with Crippen LogP contribution in [0.5, 0.6) is 0 Å². The van der Waals surface area contributed by atoms with Gasteiger partial charge in [0.25, 0.3) is 0 Å². The van der Waals surface area contributed by atoms with Crippen LogP contribution < -0.4 is 0 Å². The topological polar surface area (TPSA) is 46.6 Å². The van der Waals surface area contributed by atoms with Crippen LogP contribution in [0.4, 0.5) is 4.79 Å². The molecule has 1 aliphatic rings. The zero-order valence-corrected chi connectivity index (χ0v) is 11.3. The van der Waals surface area contributed by atoms with Gasteiger partial charge in [0.1, 0.15) is 11.9 Å². The van der Waals surface area contributed by atoms with Crippen LogP contribution in [0.3, 0.4) is 0 Å². The summed E-state index contributed by atoms with van der Waals surface area (Å²) in [6.45, 7) is 8.82. The quantitative estimate of drug-likeness (QED) is 0.698. The molecule has 17 heavy (non-hydrogen) atoms. The molecule has 0 N–H and O–H groups in total. The number of aldehydes is 1. The number of ether oxygens (including phenoxy) is 1. The Labute approximate surface area is 103 Å². The fourth-order valence-corrected chi connectivity index (χ4v) is 2.02. The molecule has 98 valence electrons. The Morgan fingerprint density at radius 2 is 1.88 bits per heavy atom. The highest BCUT2D eigenvalue weighted by atomic mass is 16.6. The van der Waals surface area contributed by atoms with Gasteiger partial charge in [0.2, 0.25) is 0 Å². The van der Waals surface area contributed by atoms with Crippen LogP contribution in [0.1, 0.15) is 47.0 Å². The number of rotatable bonds is 2. The summed E-state index contributed by atoms with van der Waals surface area (Å²) in [4.78, 5) is 24.6. The van der Waals surface area contributed by atoms with E-state index in [9.17, 15) is 9.59 Å². The second kappa shape index (κ2) is 5.07. The van der Waals surface area contributed by atoms with Gasteiger partial charge in [-0.3, -0.25) is 0 Å². The predicted octanol–water partition coefficient (Wildman–Crippen LogP) is 2.61. The largest absolute Gasteiger partial charge is 0.444 e. The molecule has 0 bridgehead atoms. The molecule has 1 heterocycles. The minimum Gasteiger partial charge on any atom is -0.444 e. The normalized spacial score (nSPS) is 19.9. The predicted molar refractivity (Wildman–Crippen MR) is 65.8 cm³/mol. The lowest BCUT2D eigenvalue weighted by molar-refractivity contribution is -0.119. The van der Waals surface area contributed by atoms with Crippen LogP contribution in [0.2, 0.25) is 0 Å². The molecular weight excluding hydrogens is 218 g/mol. The standard InChI is InChI=1S/C13H23NO3/c1-5-13(10-15)6-8-14(9-7-13)11(16)17-12(2,3)4/h10H,5-9H2,1-4H3. The van der Waals surface area contributed by atoms with E-state index in [-0.39, 0.29) is 11.5 Å². The van der Waals surface area contributed by atoms with E-state index in [4.69, 9.17) is 4.74 Å². The summed E-state index contributed by atoms with van der Waals surface area (Å²) in [5.41, 5.74) is -0.681. The molecule has 4 nitrogen and oxygen atoms in total. The fourth-order valence-electron chi connectivity index (χ4n) is 2.02. The van der Waals surface area contributed by atoms with Gasteiger partial charge in [0.15, 0.2) is 0 Å². The van der Waals surface area contributed by atoms with Crippen LogP contribution in [0.15, 0.2) is 0 Å². The van der Waals surface area contributed by atoms with E-state index in [0.717, 1.165) is 25.5 Å². The van der Waals surface area contributed by atoms with Gasteiger partial charge < -0.3 is 14.4 Å². The zero-order valence-electron chi connectivity index (χ0n) is 11.3. The molecule has 1 rings (SSSR count). The third-order valence-corrected chi connectivity index (χ3v) is 3.37. The van der Waals surface area contributed by atoms with Gasteiger partial charge in [-0.15, -0.1) is 0 Å². The smallest absolute Gasteiger partial charge is 0.410 e. The molecular formula is C13H23NO3. The van der Waals surface area contributed by atoms with Crippen molar-refractivity contribution in [2.75, 3.05) is 13.1 Å². The van der Waals surface area contributed by atoms with Crippen molar-refractivity contribution in [3.05, 3.63) is 0 Å². The van der Waals surface area contributed by atoms with Crippen molar-refractivity contribution in [1.82, 2.24) is 4.90 Å². The van der Waals surface area contributed by atoms with Crippen LogP contribution >= 0.6 is 0 Å². The minimum atomic E-state index is -0.457. The molecule has 0 aromatic heterocycles. The van der Waals surface area contributed by atoms with Gasteiger partial charge in [0.05, 0.1) is 0 Å². The second-order valence-corrected chi connectivity index (χ2v) is 5.80. The summed E-state index contributed by atoms with van der Waals surface area (Å²) in [6, 6.07) is 0. The summed E-state index contributed by atoms with van der Waals surface area (Å²) < 4.78 is 5.31. The Morgan fingerprint density at radius 1 is 1.35 bits per heavy atom. The van der Waals surface area contributed by atoms with Crippen LogP contribution in [-0.4, -0.2) is 36.0 Å². The van der Waals surface area contributed by atoms with Crippen molar-refractivity contribution >= 4 is 12.4 Å². The van der Waals surface area contributed by atoms with Crippen molar-refractivity contribution in [2.24, 2.45) is 5.41 Å². The highest BCUT2D eigenvalue weighted by molar-refractivity contribution is 5.69. The summed E-state index contributed by atoms with van der Waals surface area (Å²) in [5.74, 6) is 0. The molecule has 1 aliphatic heterocycles. The maximum absolute atomic E-state index is 11.8. The van der Waals surface area contributed by atoms with Gasteiger partial charge in [-0.2, -0.15) is 0 Å². The molecule has 4 heteroatoms. The van der Waals surface area contributed by atoms with Gasteiger partial charge in [-0.05, 0) is 40.0 Å². The Morgan fingerprint density at radius 3 is 2.24 bits per heavy atom. The lowest BCUT2D eigenvalue weighted by Gasteiger charge is -2.38. The van der Waals surface area contributed by atoms with E-state index in [1.54, 1.807) is 4.90 Å². The molecule has 1 fully saturated rings.